The van der Waals surface area contributed by atoms with Gasteiger partial charge in [-0.05, 0) is 34.5 Å². The molecule has 2 aromatic rings. The van der Waals surface area contributed by atoms with Crippen molar-refractivity contribution in [3.8, 4) is 11.5 Å². The second kappa shape index (κ2) is 5.94. The van der Waals surface area contributed by atoms with E-state index in [9.17, 15) is 4.79 Å². The molecule has 0 radical (unpaired) electrons. The van der Waals surface area contributed by atoms with E-state index in [-0.39, 0.29) is 12.5 Å². The SMILES string of the molecule is Cc1cccc(-c2nnc(COCC(=O)O)o2)c1Br. The van der Waals surface area contributed by atoms with Crippen LogP contribution in [0.5, 0.6) is 0 Å². The average Bonchev–Trinajstić information content (AvgIpc) is 2.81. The van der Waals surface area contributed by atoms with Crippen molar-refractivity contribution in [2.45, 2.75) is 13.5 Å². The predicted molar refractivity (Wildman–Crippen MR) is 69.5 cm³/mol. The molecule has 0 unspecified atom stereocenters. The summed E-state index contributed by atoms with van der Waals surface area (Å²) in [6.45, 7) is 1.54. The maximum Gasteiger partial charge on any atom is 0.329 e. The molecule has 100 valence electrons. The van der Waals surface area contributed by atoms with Crippen LogP contribution in [0.3, 0.4) is 0 Å². The summed E-state index contributed by atoms with van der Waals surface area (Å²) in [5, 5.41) is 16.2. The zero-order valence-electron chi connectivity index (χ0n) is 10.1. The summed E-state index contributed by atoms with van der Waals surface area (Å²) in [6, 6.07) is 5.70. The van der Waals surface area contributed by atoms with E-state index >= 15 is 0 Å². The average molecular weight is 327 g/mol. The van der Waals surface area contributed by atoms with Gasteiger partial charge >= 0.3 is 5.97 Å². The monoisotopic (exact) mass is 326 g/mol. The molecule has 7 heteroatoms. The number of halogens is 1. The van der Waals surface area contributed by atoms with Crippen LogP contribution in [-0.2, 0) is 16.1 Å². The van der Waals surface area contributed by atoms with Gasteiger partial charge in [-0.25, -0.2) is 4.79 Å². The van der Waals surface area contributed by atoms with Gasteiger partial charge in [0.25, 0.3) is 0 Å². The molecule has 1 N–H and O–H groups in total. The molecule has 0 bridgehead atoms. The molecule has 0 aliphatic carbocycles. The third-order valence-corrected chi connectivity index (χ3v) is 3.39. The summed E-state index contributed by atoms with van der Waals surface area (Å²) >= 11 is 3.46. The van der Waals surface area contributed by atoms with Gasteiger partial charge in [0.2, 0.25) is 11.8 Å². The molecular formula is C12H11BrN2O4. The number of nitrogens with zero attached hydrogens (tertiary/aromatic N) is 2. The van der Waals surface area contributed by atoms with Crippen LogP contribution in [0, 0.1) is 6.92 Å². The van der Waals surface area contributed by atoms with E-state index in [0.29, 0.717) is 5.89 Å². The van der Waals surface area contributed by atoms with Gasteiger partial charge in [0.15, 0.2) is 0 Å². The topological polar surface area (TPSA) is 85.5 Å². The number of benzene rings is 1. The summed E-state index contributed by atoms with van der Waals surface area (Å²) in [4.78, 5) is 10.3. The van der Waals surface area contributed by atoms with Crippen molar-refractivity contribution in [1.29, 1.82) is 0 Å². The van der Waals surface area contributed by atoms with Crippen molar-refractivity contribution in [1.82, 2.24) is 10.2 Å². The molecule has 1 heterocycles. The Bertz CT molecular complexity index is 597. The van der Waals surface area contributed by atoms with Crippen LogP contribution < -0.4 is 0 Å². The number of carboxylic acids is 1. The molecule has 0 amide bonds. The van der Waals surface area contributed by atoms with Crippen LogP contribution in [-0.4, -0.2) is 27.9 Å². The minimum atomic E-state index is -1.04. The van der Waals surface area contributed by atoms with E-state index < -0.39 is 12.6 Å². The number of hydrogen-bond donors (Lipinski definition) is 1. The molecule has 0 saturated heterocycles. The van der Waals surface area contributed by atoms with E-state index in [4.69, 9.17) is 14.3 Å². The molecule has 6 nitrogen and oxygen atoms in total. The third-order valence-electron chi connectivity index (χ3n) is 2.34. The number of aliphatic carboxylic acids is 1. The Hall–Kier alpha value is -1.73. The molecule has 19 heavy (non-hydrogen) atoms. The molecule has 1 aromatic heterocycles. The van der Waals surface area contributed by atoms with Crippen molar-refractivity contribution >= 4 is 21.9 Å². The summed E-state index contributed by atoms with van der Waals surface area (Å²) < 4.78 is 11.2. The lowest BCUT2D eigenvalue weighted by Crippen LogP contribution is -2.06. The minimum Gasteiger partial charge on any atom is -0.480 e. The van der Waals surface area contributed by atoms with E-state index in [1.54, 1.807) is 0 Å². The fourth-order valence-corrected chi connectivity index (χ4v) is 1.89. The molecule has 0 aliphatic heterocycles. The first-order chi connectivity index (χ1) is 9.08. The number of aromatic nitrogens is 2. The second-order valence-electron chi connectivity index (χ2n) is 3.82. The van der Waals surface area contributed by atoms with Crippen LogP contribution in [0.15, 0.2) is 27.1 Å². The highest BCUT2D eigenvalue weighted by atomic mass is 79.9. The first kappa shape index (κ1) is 13.7. The van der Waals surface area contributed by atoms with Crippen LogP contribution >= 0.6 is 15.9 Å². The normalized spacial score (nSPS) is 10.6. The first-order valence-electron chi connectivity index (χ1n) is 5.45. The van der Waals surface area contributed by atoms with Crippen molar-refractivity contribution in [3.63, 3.8) is 0 Å². The van der Waals surface area contributed by atoms with Crippen molar-refractivity contribution in [3.05, 3.63) is 34.1 Å². The summed E-state index contributed by atoms with van der Waals surface area (Å²) in [5.74, 6) is -0.435. The second-order valence-corrected chi connectivity index (χ2v) is 4.62. The summed E-state index contributed by atoms with van der Waals surface area (Å²) in [5.41, 5.74) is 1.84. The number of hydrogen-bond acceptors (Lipinski definition) is 5. The lowest BCUT2D eigenvalue weighted by molar-refractivity contribution is -0.142. The molecule has 0 saturated carbocycles. The molecule has 2 rings (SSSR count). The Kier molecular flexibility index (Phi) is 4.28. The van der Waals surface area contributed by atoms with Crippen LogP contribution in [0.1, 0.15) is 11.5 Å². The number of aryl methyl sites for hydroxylation is 1. The zero-order valence-corrected chi connectivity index (χ0v) is 11.7. The summed E-state index contributed by atoms with van der Waals surface area (Å²) in [7, 11) is 0. The van der Waals surface area contributed by atoms with Gasteiger partial charge in [-0.1, -0.05) is 12.1 Å². The smallest absolute Gasteiger partial charge is 0.329 e. The molecule has 0 aliphatic rings. The highest BCUT2D eigenvalue weighted by Gasteiger charge is 2.13. The van der Waals surface area contributed by atoms with Gasteiger partial charge < -0.3 is 14.3 Å². The number of carbonyl (C=O) groups is 1. The fraction of sp³-hybridized carbons (Fsp3) is 0.250. The Balaban J connectivity index is 2.12. The zero-order chi connectivity index (χ0) is 13.8. The number of rotatable bonds is 5. The van der Waals surface area contributed by atoms with Crippen LogP contribution in [0.25, 0.3) is 11.5 Å². The Labute approximate surface area is 117 Å². The molecule has 0 spiro atoms. The molecule has 1 aromatic carbocycles. The quantitative estimate of drug-likeness (QED) is 0.908. The fourth-order valence-electron chi connectivity index (χ4n) is 1.46. The van der Waals surface area contributed by atoms with Gasteiger partial charge in [-0.2, -0.15) is 0 Å². The molecule has 0 atom stereocenters. The largest absolute Gasteiger partial charge is 0.480 e. The number of carboxylic acid groups (broad SMARTS) is 1. The van der Waals surface area contributed by atoms with Gasteiger partial charge in [0.1, 0.15) is 13.2 Å². The third kappa shape index (κ3) is 3.39. The maximum absolute atomic E-state index is 10.3. The van der Waals surface area contributed by atoms with Gasteiger partial charge in [0, 0.05) is 4.47 Å². The van der Waals surface area contributed by atoms with Crippen LogP contribution in [0.2, 0.25) is 0 Å². The van der Waals surface area contributed by atoms with Crippen molar-refractivity contribution in [2.24, 2.45) is 0 Å². The Morgan fingerprint density at radius 2 is 2.26 bits per heavy atom. The predicted octanol–water partition coefficient (Wildman–Crippen LogP) is 2.41. The standard InChI is InChI=1S/C12H11BrN2O4/c1-7-3-2-4-8(11(7)13)12-15-14-9(19-12)5-18-6-10(16)17/h2-4H,5-6H2,1H3,(H,16,17). The Morgan fingerprint density at radius 3 is 3.00 bits per heavy atom. The highest BCUT2D eigenvalue weighted by Crippen LogP contribution is 2.29. The highest BCUT2D eigenvalue weighted by molar-refractivity contribution is 9.10. The maximum atomic E-state index is 10.3. The minimum absolute atomic E-state index is 0.0251. The summed E-state index contributed by atoms with van der Waals surface area (Å²) in [6.07, 6.45) is 0. The van der Waals surface area contributed by atoms with Crippen molar-refractivity contribution in [2.75, 3.05) is 6.61 Å². The Morgan fingerprint density at radius 1 is 1.47 bits per heavy atom. The lowest BCUT2D eigenvalue weighted by Gasteiger charge is -2.02. The molecular weight excluding hydrogens is 316 g/mol. The van der Waals surface area contributed by atoms with Crippen molar-refractivity contribution < 1.29 is 19.1 Å². The van der Waals surface area contributed by atoms with Crippen LogP contribution in [0.4, 0.5) is 0 Å². The van der Waals surface area contributed by atoms with Gasteiger partial charge in [-0.15, -0.1) is 10.2 Å². The van der Waals surface area contributed by atoms with E-state index in [1.165, 1.54) is 0 Å². The van der Waals surface area contributed by atoms with E-state index in [1.807, 2.05) is 25.1 Å². The lowest BCUT2D eigenvalue weighted by atomic mass is 10.1. The molecule has 0 fully saturated rings. The van der Waals surface area contributed by atoms with E-state index in [0.717, 1.165) is 15.6 Å². The first-order valence-corrected chi connectivity index (χ1v) is 6.24. The van der Waals surface area contributed by atoms with Gasteiger partial charge in [-0.3, -0.25) is 0 Å². The van der Waals surface area contributed by atoms with Gasteiger partial charge in [0.05, 0.1) is 5.56 Å². The number of ether oxygens (including phenoxy) is 1. The van der Waals surface area contributed by atoms with E-state index in [2.05, 4.69) is 26.1 Å².